The number of para-hydroxylation sites is 2. The SMILES string of the molecule is COc1ccc(S(=O)(=O)Nc2ccccc2OC)cc1NC(=O)c1cc(-c2ccccc2)n[nH]1. The summed E-state index contributed by atoms with van der Waals surface area (Å²) in [6.07, 6.45) is 0. The maximum Gasteiger partial charge on any atom is 0.273 e. The Labute approximate surface area is 196 Å². The first-order valence-corrected chi connectivity index (χ1v) is 11.7. The predicted molar refractivity (Wildman–Crippen MR) is 129 cm³/mol. The van der Waals surface area contributed by atoms with E-state index in [4.69, 9.17) is 9.47 Å². The molecule has 0 saturated heterocycles. The monoisotopic (exact) mass is 478 g/mol. The highest BCUT2D eigenvalue weighted by Crippen LogP contribution is 2.31. The third-order valence-electron chi connectivity index (χ3n) is 4.97. The minimum absolute atomic E-state index is 0.0657. The van der Waals surface area contributed by atoms with Gasteiger partial charge in [-0.2, -0.15) is 5.10 Å². The number of amides is 1. The summed E-state index contributed by atoms with van der Waals surface area (Å²) in [5, 5.41) is 9.57. The number of methoxy groups -OCH3 is 2. The van der Waals surface area contributed by atoms with Gasteiger partial charge in [-0.1, -0.05) is 42.5 Å². The zero-order valence-corrected chi connectivity index (χ0v) is 19.2. The average Bonchev–Trinajstić information content (AvgIpc) is 3.35. The number of nitrogens with one attached hydrogen (secondary N) is 3. The molecule has 0 unspecified atom stereocenters. The van der Waals surface area contributed by atoms with Crippen LogP contribution < -0.4 is 19.5 Å². The zero-order valence-electron chi connectivity index (χ0n) is 18.4. The Balaban J connectivity index is 1.59. The van der Waals surface area contributed by atoms with Gasteiger partial charge in [-0.3, -0.25) is 14.6 Å². The van der Waals surface area contributed by atoms with Gasteiger partial charge in [0.15, 0.2) is 0 Å². The third kappa shape index (κ3) is 4.86. The van der Waals surface area contributed by atoms with Gasteiger partial charge in [0.2, 0.25) is 0 Å². The number of ether oxygens (including phenoxy) is 2. The molecule has 0 spiro atoms. The summed E-state index contributed by atoms with van der Waals surface area (Å²) < 4.78 is 39.0. The van der Waals surface area contributed by atoms with Crippen LogP contribution in [0.5, 0.6) is 11.5 Å². The van der Waals surface area contributed by atoms with Gasteiger partial charge >= 0.3 is 0 Å². The molecule has 9 nitrogen and oxygen atoms in total. The van der Waals surface area contributed by atoms with Crippen molar-refractivity contribution in [1.29, 1.82) is 0 Å². The van der Waals surface area contributed by atoms with E-state index in [1.54, 1.807) is 30.3 Å². The molecular weight excluding hydrogens is 456 g/mol. The largest absolute Gasteiger partial charge is 0.495 e. The minimum atomic E-state index is -3.98. The van der Waals surface area contributed by atoms with E-state index in [9.17, 15) is 13.2 Å². The van der Waals surface area contributed by atoms with Crippen LogP contribution in [0.25, 0.3) is 11.3 Å². The standard InChI is InChI=1S/C24H22N4O5S/c1-32-22-11-7-6-10-18(22)28-34(30,31)17-12-13-23(33-2)20(14-17)25-24(29)21-15-19(26-27-21)16-8-4-3-5-9-16/h3-15,28H,1-2H3,(H,25,29)(H,26,27). The lowest BCUT2D eigenvalue weighted by Gasteiger charge is -2.14. The number of hydrogen-bond acceptors (Lipinski definition) is 6. The Bertz CT molecular complexity index is 1420. The number of benzene rings is 3. The first-order valence-electron chi connectivity index (χ1n) is 10.2. The molecule has 0 aliphatic rings. The number of sulfonamides is 1. The van der Waals surface area contributed by atoms with Crippen molar-refractivity contribution in [3.63, 3.8) is 0 Å². The van der Waals surface area contributed by atoms with Crippen LogP contribution in [0, 0.1) is 0 Å². The fraction of sp³-hybridized carbons (Fsp3) is 0.0833. The van der Waals surface area contributed by atoms with E-state index >= 15 is 0 Å². The molecule has 3 aromatic carbocycles. The predicted octanol–water partition coefficient (Wildman–Crippen LogP) is 4.15. The van der Waals surface area contributed by atoms with Crippen molar-refractivity contribution in [1.82, 2.24) is 10.2 Å². The maximum atomic E-state index is 13.0. The lowest BCUT2D eigenvalue weighted by Crippen LogP contribution is -2.16. The highest BCUT2D eigenvalue weighted by molar-refractivity contribution is 7.92. The Morgan fingerprint density at radius 3 is 2.26 bits per heavy atom. The number of anilines is 2. The van der Waals surface area contributed by atoms with Crippen LogP contribution in [0.4, 0.5) is 11.4 Å². The molecule has 0 bridgehead atoms. The van der Waals surface area contributed by atoms with E-state index in [1.807, 2.05) is 30.3 Å². The van der Waals surface area contributed by atoms with Crippen LogP contribution in [0.2, 0.25) is 0 Å². The molecule has 1 aromatic heterocycles. The number of aromatic amines is 1. The number of H-pyrrole nitrogens is 1. The molecule has 0 saturated carbocycles. The molecule has 0 atom stereocenters. The number of aromatic nitrogens is 2. The van der Waals surface area contributed by atoms with E-state index in [0.29, 0.717) is 17.2 Å². The summed E-state index contributed by atoms with van der Waals surface area (Å²) in [7, 11) is -1.11. The van der Waals surface area contributed by atoms with E-state index in [1.165, 1.54) is 32.4 Å². The fourth-order valence-corrected chi connectivity index (χ4v) is 4.37. The van der Waals surface area contributed by atoms with E-state index in [-0.39, 0.29) is 22.0 Å². The van der Waals surface area contributed by atoms with Crippen LogP contribution in [-0.4, -0.2) is 38.7 Å². The Morgan fingerprint density at radius 1 is 0.853 bits per heavy atom. The number of rotatable bonds is 8. The van der Waals surface area contributed by atoms with Crippen LogP contribution in [-0.2, 0) is 10.0 Å². The second-order valence-electron chi connectivity index (χ2n) is 7.15. The average molecular weight is 479 g/mol. The van der Waals surface area contributed by atoms with Crippen molar-refractivity contribution >= 4 is 27.3 Å². The van der Waals surface area contributed by atoms with Crippen molar-refractivity contribution in [2.75, 3.05) is 24.3 Å². The summed E-state index contributed by atoms with van der Waals surface area (Å²) in [5.41, 5.74) is 2.14. The number of carbonyl (C=O) groups excluding carboxylic acids is 1. The Hall–Kier alpha value is -4.31. The van der Waals surface area contributed by atoms with Crippen LogP contribution in [0.3, 0.4) is 0 Å². The summed E-state index contributed by atoms with van der Waals surface area (Å²) in [6.45, 7) is 0. The summed E-state index contributed by atoms with van der Waals surface area (Å²) in [5.74, 6) is 0.175. The molecule has 4 aromatic rings. The summed E-state index contributed by atoms with van der Waals surface area (Å²) in [4.78, 5) is 12.8. The molecule has 0 fully saturated rings. The van der Waals surface area contributed by atoms with Gasteiger partial charge in [0.1, 0.15) is 17.2 Å². The van der Waals surface area contributed by atoms with Gasteiger partial charge in [0.05, 0.1) is 36.2 Å². The van der Waals surface area contributed by atoms with Crippen molar-refractivity contribution in [3.8, 4) is 22.8 Å². The first-order chi connectivity index (χ1) is 16.4. The molecule has 10 heteroatoms. The lowest BCUT2D eigenvalue weighted by molar-refractivity contribution is 0.102. The highest BCUT2D eigenvalue weighted by Gasteiger charge is 2.20. The summed E-state index contributed by atoms with van der Waals surface area (Å²) >= 11 is 0. The zero-order chi connectivity index (χ0) is 24.1. The molecule has 0 aliphatic carbocycles. The molecule has 34 heavy (non-hydrogen) atoms. The van der Waals surface area contributed by atoms with Crippen molar-refractivity contribution in [3.05, 3.63) is 84.6 Å². The smallest absolute Gasteiger partial charge is 0.273 e. The van der Waals surface area contributed by atoms with Gasteiger partial charge in [-0.25, -0.2) is 8.42 Å². The van der Waals surface area contributed by atoms with Gasteiger partial charge in [0.25, 0.3) is 15.9 Å². The number of nitrogens with zero attached hydrogens (tertiary/aromatic N) is 1. The first kappa shape index (κ1) is 22.9. The van der Waals surface area contributed by atoms with Crippen LogP contribution in [0.15, 0.2) is 83.8 Å². The van der Waals surface area contributed by atoms with Crippen molar-refractivity contribution < 1.29 is 22.7 Å². The van der Waals surface area contributed by atoms with Gasteiger partial charge < -0.3 is 14.8 Å². The molecule has 174 valence electrons. The quantitative estimate of drug-likeness (QED) is 0.350. The molecule has 1 amide bonds. The molecule has 0 radical (unpaired) electrons. The second-order valence-corrected chi connectivity index (χ2v) is 8.84. The number of carbonyl (C=O) groups is 1. The topological polar surface area (TPSA) is 122 Å². The van der Waals surface area contributed by atoms with Crippen molar-refractivity contribution in [2.24, 2.45) is 0 Å². The van der Waals surface area contributed by atoms with E-state index < -0.39 is 15.9 Å². The number of hydrogen-bond donors (Lipinski definition) is 3. The summed E-state index contributed by atoms with van der Waals surface area (Å²) in [6, 6.07) is 21.8. The normalized spacial score (nSPS) is 11.0. The molecule has 1 heterocycles. The van der Waals surface area contributed by atoms with Gasteiger partial charge in [-0.05, 0) is 36.4 Å². The lowest BCUT2D eigenvalue weighted by atomic mass is 10.1. The molecule has 3 N–H and O–H groups in total. The third-order valence-corrected chi connectivity index (χ3v) is 6.34. The molecule has 4 rings (SSSR count). The highest BCUT2D eigenvalue weighted by atomic mass is 32.2. The second kappa shape index (κ2) is 9.67. The molecular formula is C24H22N4O5S. The van der Waals surface area contributed by atoms with Crippen molar-refractivity contribution in [2.45, 2.75) is 4.90 Å². The fourth-order valence-electron chi connectivity index (χ4n) is 3.27. The van der Waals surface area contributed by atoms with Crippen LogP contribution in [0.1, 0.15) is 10.5 Å². The molecule has 0 aliphatic heterocycles. The minimum Gasteiger partial charge on any atom is -0.495 e. The van der Waals surface area contributed by atoms with E-state index in [2.05, 4.69) is 20.2 Å². The van der Waals surface area contributed by atoms with Crippen LogP contribution >= 0.6 is 0 Å². The maximum absolute atomic E-state index is 13.0. The van der Waals surface area contributed by atoms with Gasteiger partial charge in [0, 0.05) is 5.56 Å². The van der Waals surface area contributed by atoms with E-state index in [0.717, 1.165) is 5.56 Å². The van der Waals surface area contributed by atoms with Gasteiger partial charge in [-0.15, -0.1) is 0 Å². The Kier molecular flexibility index (Phi) is 6.51. The Morgan fingerprint density at radius 2 is 1.53 bits per heavy atom.